The molecule has 0 amide bonds. The number of hydrogen-bond acceptors (Lipinski definition) is 3. The summed E-state index contributed by atoms with van der Waals surface area (Å²) >= 11 is 7.55. The quantitative estimate of drug-likeness (QED) is 0.226. The highest BCUT2D eigenvalue weighted by Crippen LogP contribution is 2.23. The van der Waals surface area contributed by atoms with Crippen LogP contribution >= 0.6 is 39.9 Å². The Morgan fingerprint density at radius 3 is 2.14 bits per heavy atom. The van der Waals surface area contributed by atoms with E-state index in [4.69, 9.17) is 11.6 Å². The highest BCUT2D eigenvalue weighted by atomic mass is 79.9. The predicted octanol–water partition coefficient (Wildman–Crippen LogP) is 6.76. The Morgan fingerprint density at radius 2 is 1.48 bits per heavy atom. The Labute approximate surface area is 189 Å². The molecule has 0 unspecified atom stereocenters. The van der Waals surface area contributed by atoms with Gasteiger partial charge in [0, 0.05) is 16.1 Å². The molecule has 0 saturated heterocycles. The molecule has 0 spiro atoms. The summed E-state index contributed by atoms with van der Waals surface area (Å²) in [6, 6.07) is 28.2. The molecule has 3 aromatic carbocycles. The summed E-state index contributed by atoms with van der Waals surface area (Å²) in [6.45, 7) is 1.95. The normalized spacial score (nSPS) is 11.9. The Kier molecular flexibility index (Phi) is 7.20. The van der Waals surface area contributed by atoms with Crippen molar-refractivity contribution < 1.29 is 0 Å². The van der Waals surface area contributed by atoms with E-state index in [1.807, 2.05) is 67.6 Å². The van der Waals surface area contributed by atoms with Crippen LogP contribution in [0, 0.1) is 0 Å². The molecule has 0 radical (unpaired) electrons. The van der Waals surface area contributed by atoms with Gasteiger partial charge in [-0.1, -0.05) is 72.3 Å². The summed E-state index contributed by atoms with van der Waals surface area (Å²) in [6.07, 6.45) is 0. The maximum Gasteiger partial charge on any atom is 0.215 e. The average Bonchev–Trinajstić information content (AvgIpc) is 3.18. The second kappa shape index (κ2) is 9.83. The molecule has 1 heterocycles. The smallest absolute Gasteiger partial charge is 0.215 e. The van der Waals surface area contributed by atoms with Crippen LogP contribution in [0.2, 0.25) is 5.02 Å². The predicted molar refractivity (Wildman–Crippen MR) is 129 cm³/mol. The summed E-state index contributed by atoms with van der Waals surface area (Å²) in [5.41, 5.74) is 5.13. The first-order chi connectivity index (χ1) is 13.7. The number of halogens is 2. The SMILES string of the molecule is Br.C/C(=N\N=c1/scc(-c2ccccc2)n1-c1ccccc1)c1ccc(Cl)cc1. The number of aromatic nitrogens is 1. The van der Waals surface area contributed by atoms with Crippen molar-refractivity contribution in [3.8, 4) is 16.9 Å². The van der Waals surface area contributed by atoms with Crippen molar-refractivity contribution in [2.24, 2.45) is 10.2 Å². The number of benzene rings is 3. The first-order valence-electron chi connectivity index (χ1n) is 8.88. The van der Waals surface area contributed by atoms with Gasteiger partial charge in [-0.05, 0) is 42.3 Å². The zero-order valence-corrected chi connectivity index (χ0v) is 19.0. The number of nitrogens with zero attached hydrogens (tertiary/aromatic N) is 3. The molecule has 4 aromatic rings. The van der Waals surface area contributed by atoms with E-state index in [0.29, 0.717) is 5.02 Å². The molecule has 0 bridgehead atoms. The second-order valence-corrected chi connectivity index (χ2v) is 7.51. The van der Waals surface area contributed by atoms with E-state index in [1.165, 1.54) is 0 Å². The van der Waals surface area contributed by atoms with Crippen LogP contribution in [0.3, 0.4) is 0 Å². The number of thiazole rings is 1. The van der Waals surface area contributed by atoms with Crippen molar-refractivity contribution in [3.05, 3.63) is 106 Å². The first kappa shape index (κ1) is 21.2. The Hall–Kier alpha value is -2.47. The summed E-state index contributed by atoms with van der Waals surface area (Å²) < 4.78 is 2.14. The molecule has 29 heavy (non-hydrogen) atoms. The minimum absolute atomic E-state index is 0. The van der Waals surface area contributed by atoms with Gasteiger partial charge in [0.2, 0.25) is 4.80 Å². The molecule has 146 valence electrons. The lowest BCUT2D eigenvalue weighted by atomic mass is 10.1. The number of rotatable bonds is 4. The second-order valence-electron chi connectivity index (χ2n) is 6.23. The van der Waals surface area contributed by atoms with Crippen LogP contribution in [0.1, 0.15) is 12.5 Å². The molecule has 0 N–H and O–H groups in total. The average molecular weight is 485 g/mol. The van der Waals surface area contributed by atoms with Crippen molar-refractivity contribution in [3.63, 3.8) is 0 Å². The molecule has 1 aromatic heterocycles. The third-order valence-corrected chi connectivity index (χ3v) is 5.41. The van der Waals surface area contributed by atoms with E-state index in [2.05, 4.69) is 44.4 Å². The van der Waals surface area contributed by atoms with Gasteiger partial charge in [-0.15, -0.1) is 33.4 Å². The summed E-state index contributed by atoms with van der Waals surface area (Å²) in [4.78, 5) is 0.818. The molecular formula is C23H19BrClN3S. The van der Waals surface area contributed by atoms with Crippen LogP contribution < -0.4 is 4.80 Å². The highest BCUT2D eigenvalue weighted by Gasteiger charge is 2.09. The van der Waals surface area contributed by atoms with Crippen molar-refractivity contribution >= 4 is 45.6 Å². The highest BCUT2D eigenvalue weighted by molar-refractivity contribution is 8.93. The zero-order valence-electron chi connectivity index (χ0n) is 15.7. The summed E-state index contributed by atoms with van der Waals surface area (Å²) in [5.74, 6) is 0. The largest absolute Gasteiger partial charge is 0.284 e. The van der Waals surface area contributed by atoms with E-state index in [-0.39, 0.29) is 17.0 Å². The summed E-state index contributed by atoms with van der Waals surface area (Å²) in [7, 11) is 0. The lowest BCUT2D eigenvalue weighted by Crippen LogP contribution is -2.13. The lowest BCUT2D eigenvalue weighted by Gasteiger charge is -2.08. The third kappa shape index (κ3) is 4.93. The van der Waals surface area contributed by atoms with Gasteiger partial charge >= 0.3 is 0 Å². The minimum Gasteiger partial charge on any atom is -0.284 e. The minimum atomic E-state index is 0. The fourth-order valence-corrected chi connectivity index (χ4v) is 3.87. The van der Waals surface area contributed by atoms with Gasteiger partial charge in [-0.25, -0.2) is 0 Å². The molecule has 0 aliphatic carbocycles. The van der Waals surface area contributed by atoms with E-state index in [1.54, 1.807) is 11.3 Å². The van der Waals surface area contributed by atoms with Crippen molar-refractivity contribution in [1.29, 1.82) is 0 Å². The first-order valence-corrected chi connectivity index (χ1v) is 10.1. The van der Waals surface area contributed by atoms with Gasteiger partial charge in [0.05, 0.1) is 11.4 Å². The van der Waals surface area contributed by atoms with E-state index < -0.39 is 0 Å². The van der Waals surface area contributed by atoms with Crippen LogP contribution in [0.5, 0.6) is 0 Å². The molecular weight excluding hydrogens is 466 g/mol. The molecule has 0 fully saturated rings. The topological polar surface area (TPSA) is 29.6 Å². The van der Waals surface area contributed by atoms with Gasteiger partial charge in [-0.3, -0.25) is 4.57 Å². The van der Waals surface area contributed by atoms with Gasteiger partial charge in [-0.2, -0.15) is 5.10 Å². The van der Waals surface area contributed by atoms with Crippen LogP contribution in [0.4, 0.5) is 0 Å². The van der Waals surface area contributed by atoms with Crippen LogP contribution in [0.15, 0.2) is 101 Å². The number of hydrogen-bond donors (Lipinski definition) is 0. The lowest BCUT2D eigenvalue weighted by molar-refractivity contribution is 0.970. The standard InChI is InChI=1S/C23H18ClN3S.BrH/c1-17(18-12-14-20(24)15-13-18)25-26-23-27(21-10-6-3-7-11-21)22(16-28-23)19-8-4-2-5-9-19;/h2-16H,1H3;1H/b25-17+,26-23-;. The van der Waals surface area contributed by atoms with Gasteiger partial charge in [0.15, 0.2) is 0 Å². The molecule has 0 aliphatic heterocycles. The van der Waals surface area contributed by atoms with E-state index in [9.17, 15) is 0 Å². The zero-order chi connectivity index (χ0) is 19.3. The fraction of sp³-hybridized carbons (Fsp3) is 0.0435. The van der Waals surface area contributed by atoms with Gasteiger partial charge in [0.1, 0.15) is 0 Å². The maximum absolute atomic E-state index is 5.97. The molecule has 3 nitrogen and oxygen atoms in total. The molecule has 4 rings (SSSR count). The van der Waals surface area contributed by atoms with E-state index >= 15 is 0 Å². The maximum atomic E-state index is 5.97. The number of para-hydroxylation sites is 1. The Balaban J connectivity index is 0.00000240. The fourth-order valence-electron chi connectivity index (χ4n) is 2.88. The Morgan fingerprint density at radius 1 is 0.862 bits per heavy atom. The molecule has 0 aliphatic rings. The van der Waals surface area contributed by atoms with Crippen LogP contribution in [-0.4, -0.2) is 10.3 Å². The Bertz CT molecular complexity index is 1160. The van der Waals surface area contributed by atoms with E-state index in [0.717, 1.165) is 33.0 Å². The molecule has 0 saturated carbocycles. The van der Waals surface area contributed by atoms with Crippen molar-refractivity contribution in [2.75, 3.05) is 0 Å². The molecule has 6 heteroatoms. The van der Waals surface area contributed by atoms with Crippen molar-refractivity contribution in [1.82, 2.24) is 4.57 Å². The van der Waals surface area contributed by atoms with Crippen LogP contribution in [-0.2, 0) is 0 Å². The molecule has 0 atom stereocenters. The van der Waals surface area contributed by atoms with Crippen LogP contribution in [0.25, 0.3) is 16.9 Å². The van der Waals surface area contributed by atoms with Gasteiger partial charge in [0.25, 0.3) is 0 Å². The van der Waals surface area contributed by atoms with Gasteiger partial charge < -0.3 is 0 Å². The summed E-state index contributed by atoms with van der Waals surface area (Å²) in [5, 5.41) is 11.9. The van der Waals surface area contributed by atoms with Crippen molar-refractivity contribution in [2.45, 2.75) is 6.92 Å². The monoisotopic (exact) mass is 483 g/mol. The third-order valence-electron chi connectivity index (χ3n) is 4.34.